The van der Waals surface area contributed by atoms with E-state index in [0.717, 1.165) is 22.9 Å². The van der Waals surface area contributed by atoms with Crippen molar-refractivity contribution in [3.8, 4) is 0 Å². The Balaban J connectivity index is 2.20. The number of carbonyl (C=O) groups excluding carboxylic acids is 2. The first-order chi connectivity index (χ1) is 13.0. The Morgan fingerprint density at radius 2 is 1.70 bits per heavy atom. The molecule has 0 aromatic heterocycles. The van der Waals surface area contributed by atoms with Crippen LogP contribution in [0.3, 0.4) is 0 Å². The number of Topliss-reactive ketones (excluding diaryl/α,β-unsaturated/α-hetero) is 1. The van der Waals surface area contributed by atoms with Gasteiger partial charge in [0.1, 0.15) is 0 Å². The van der Waals surface area contributed by atoms with E-state index in [4.69, 9.17) is 5.11 Å². The SMILES string of the molecule is CC(=O)SCC(Cc1ccccc1)C(=O)c1ccccc1CNCC(=O)O. The average Bonchev–Trinajstić information content (AvgIpc) is 2.65. The Hall–Kier alpha value is -2.44. The highest BCUT2D eigenvalue weighted by Gasteiger charge is 2.23. The van der Waals surface area contributed by atoms with E-state index in [1.54, 1.807) is 12.1 Å². The molecule has 2 rings (SSSR count). The lowest BCUT2D eigenvalue weighted by Gasteiger charge is -2.17. The van der Waals surface area contributed by atoms with Crippen LogP contribution in [0.15, 0.2) is 54.6 Å². The molecule has 0 amide bonds. The third-order valence-corrected chi connectivity index (χ3v) is 5.03. The zero-order chi connectivity index (χ0) is 19.6. The van der Waals surface area contributed by atoms with Crippen molar-refractivity contribution in [2.75, 3.05) is 12.3 Å². The molecule has 0 saturated carbocycles. The van der Waals surface area contributed by atoms with Crippen LogP contribution in [0, 0.1) is 5.92 Å². The molecule has 0 aliphatic carbocycles. The van der Waals surface area contributed by atoms with Crippen molar-refractivity contribution in [1.29, 1.82) is 0 Å². The van der Waals surface area contributed by atoms with Crippen LogP contribution in [0.1, 0.15) is 28.4 Å². The summed E-state index contributed by atoms with van der Waals surface area (Å²) < 4.78 is 0. The fourth-order valence-corrected chi connectivity index (χ4v) is 3.49. The van der Waals surface area contributed by atoms with Gasteiger partial charge in [-0.15, -0.1) is 0 Å². The fourth-order valence-electron chi connectivity index (χ4n) is 2.78. The molecule has 6 heteroatoms. The molecule has 2 aromatic carbocycles. The van der Waals surface area contributed by atoms with Gasteiger partial charge in [-0.3, -0.25) is 14.4 Å². The van der Waals surface area contributed by atoms with Gasteiger partial charge in [0, 0.05) is 30.7 Å². The average molecular weight is 385 g/mol. The zero-order valence-corrected chi connectivity index (χ0v) is 16.0. The van der Waals surface area contributed by atoms with Crippen molar-refractivity contribution >= 4 is 28.6 Å². The van der Waals surface area contributed by atoms with Gasteiger partial charge in [0.2, 0.25) is 0 Å². The standard InChI is InChI=1S/C21H23NO4S/c1-15(23)27-14-18(11-16-7-3-2-4-8-16)21(26)19-10-6-5-9-17(19)12-22-13-20(24)25/h2-10,18,22H,11-14H2,1H3,(H,24,25). The van der Waals surface area contributed by atoms with E-state index in [9.17, 15) is 14.4 Å². The van der Waals surface area contributed by atoms with Gasteiger partial charge in [0.15, 0.2) is 10.9 Å². The number of carboxylic acids is 1. The lowest BCUT2D eigenvalue weighted by atomic mass is 9.90. The molecule has 0 aliphatic heterocycles. The van der Waals surface area contributed by atoms with E-state index < -0.39 is 5.97 Å². The van der Waals surface area contributed by atoms with Gasteiger partial charge in [-0.05, 0) is 17.5 Å². The molecule has 0 saturated heterocycles. The van der Waals surface area contributed by atoms with Gasteiger partial charge < -0.3 is 10.4 Å². The molecule has 0 aliphatic rings. The number of thioether (sulfide) groups is 1. The number of rotatable bonds is 10. The molecule has 0 radical (unpaired) electrons. The molecule has 2 N–H and O–H groups in total. The van der Waals surface area contributed by atoms with Crippen molar-refractivity contribution in [3.05, 3.63) is 71.3 Å². The van der Waals surface area contributed by atoms with E-state index in [0.29, 0.717) is 24.3 Å². The highest BCUT2D eigenvalue weighted by molar-refractivity contribution is 8.13. The highest BCUT2D eigenvalue weighted by Crippen LogP contribution is 2.22. The molecule has 0 heterocycles. The molecule has 5 nitrogen and oxygen atoms in total. The Bertz CT molecular complexity index is 792. The summed E-state index contributed by atoms with van der Waals surface area (Å²) in [5.74, 6) is -0.888. The van der Waals surface area contributed by atoms with Crippen LogP contribution in [0.4, 0.5) is 0 Å². The Kier molecular flexibility index (Phi) is 8.23. The Labute approximate surface area is 163 Å². The van der Waals surface area contributed by atoms with E-state index in [2.05, 4.69) is 5.32 Å². The summed E-state index contributed by atoms with van der Waals surface area (Å²) in [5.41, 5.74) is 2.37. The molecular formula is C21H23NO4S. The van der Waals surface area contributed by atoms with Gasteiger partial charge >= 0.3 is 5.97 Å². The van der Waals surface area contributed by atoms with E-state index >= 15 is 0 Å². The van der Waals surface area contributed by atoms with Crippen molar-refractivity contribution in [1.82, 2.24) is 5.32 Å². The van der Waals surface area contributed by atoms with E-state index in [-0.39, 0.29) is 23.4 Å². The molecule has 0 bridgehead atoms. The molecule has 1 unspecified atom stereocenters. The number of nitrogens with one attached hydrogen (secondary N) is 1. The topological polar surface area (TPSA) is 83.5 Å². The summed E-state index contributed by atoms with van der Waals surface area (Å²) in [6.45, 7) is 1.63. The summed E-state index contributed by atoms with van der Waals surface area (Å²) in [7, 11) is 0. The van der Waals surface area contributed by atoms with Crippen LogP contribution < -0.4 is 5.32 Å². The first-order valence-electron chi connectivity index (χ1n) is 8.69. The molecule has 27 heavy (non-hydrogen) atoms. The lowest BCUT2D eigenvalue weighted by molar-refractivity contribution is -0.136. The van der Waals surface area contributed by atoms with E-state index in [1.807, 2.05) is 42.5 Å². The van der Waals surface area contributed by atoms with Gasteiger partial charge in [-0.1, -0.05) is 66.4 Å². The van der Waals surface area contributed by atoms with Crippen LogP contribution >= 0.6 is 11.8 Å². The van der Waals surface area contributed by atoms with Crippen molar-refractivity contribution < 1.29 is 19.5 Å². The van der Waals surface area contributed by atoms with Crippen molar-refractivity contribution in [2.45, 2.75) is 19.9 Å². The summed E-state index contributed by atoms with van der Waals surface area (Å²) in [4.78, 5) is 35.3. The molecule has 0 spiro atoms. The van der Waals surface area contributed by atoms with Gasteiger partial charge in [-0.2, -0.15) is 0 Å². The quantitative estimate of drug-likeness (QED) is 0.611. The Morgan fingerprint density at radius 1 is 1.04 bits per heavy atom. The Morgan fingerprint density at radius 3 is 2.37 bits per heavy atom. The molecule has 0 fully saturated rings. The second kappa shape index (κ2) is 10.6. The number of carboxylic acid groups (broad SMARTS) is 1. The maximum Gasteiger partial charge on any atom is 0.317 e. The minimum atomic E-state index is -0.946. The lowest BCUT2D eigenvalue weighted by Crippen LogP contribution is -2.25. The summed E-state index contributed by atoms with van der Waals surface area (Å²) in [6, 6.07) is 16.9. The first kappa shape index (κ1) is 20.9. The summed E-state index contributed by atoms with van der Waals surface area (Å²) in [5, 5.41) is 11.6. The maximum absolute atomic E-state index is 13.2. The second-order valence-corrected chi connectivity index (χ2v) is 7.40. The van der Waals surface area contributed by atoms with Crippen LogP contribution in [-0.4, -0.2) is 34.3 Å². The van der Waals surface area contributed by atoms with Crippen LogP contribution in [0.25, 0.3) is 0 Å². The number of benzene rings is 2. The minimum Gasteiger partial charge on any atom is -0.480 e. The number of hydrogen-bond donors (Lipinski definition) is 2. The third kappa shape index (κ3) is 7.00. The molecule has 2 aromatic rings. The van der Waals surface area contributed by atoms with Gasteiger partial charge in [0.05, 0.1) is 6.54 Å². The third-order valence-electron chi connectivity index (χ3n) is 4.06. The smallest absolute Gasteiger partial charge is 0.317 e. The minimum absolute atomic E-state index is 0.0164. The monoisotopic (exact) mass is 385 g/mol. The molecular weight excluding hydrogens is 362 g/mol. The normalized spacial score (nSPS) is 11.7. The van der Waals surface area contributed by atoms with Crippen LogP contribution in [0.5, 0.6) is 0 Å². The first-order valence-corrected chi connectivity index (χ1v) is 9.68. The van der Waals surface area contributed by atoms with Gasteiger partial charge in [-0.25, -0.2) is 0 Å². The number of ketones is 1. The molecule has 1 atom stereocenters. The van der Waals surface area contributed by atoms with Crippen molar-refractivity contribution in [2.24, 2.45) is 5.92 Å². The number of hydrogen-bond acceptors (Lipinski definition) is 5. The number of carbonyl (C=O) groups is 3. The largest absolute Gasteiger partial charge is 0.480 e. The maximum atomic E-state index is 13.2. The van der Waals surface area contributed by atoms with Crippen molar-refractivity contribution in [3.63, 3.8) is 0 Å². The second-order valence-electron chi connectivity index (χ2n) is 6.21. The van der Waals surface area contributed by atoms with E-state index in [1.165, 1.54) is 6.92 Å². The fraction of sp³-hybridized carbons (Fsp3) is 0.286. The van der Waals surface area contributed by atoms with Crippen LogP contribution in [0.2, 0.25) is 0 Å². The molecule has 142 valence electrons. The predicted molar refractivity (Wildman–Crippen MR) is 107 cm³/mol. The predicted octanol–water partition coefficient (Wildman–Crippen LogP) is 3.18. The summed E-state index contributed by atoms with van der Waals surface area (Å²) >= 11 is 1.16. The summed E-state index contributed by atoms with van der Waals surface area (Å²) in [6.07, 6.45) is 0.552. The number of aliphatic carboxylic acids is 1. The van der Waals surface area contributed by atoms with Gasteiger partial charge in [0.25, 0.3) is 0 Å². The highest BCUT2D eigenvalue weighted by atomic mass is 32.2. The van der Waals surface area contributed by atoms with Crippen LogP contribution in [-0.2, 0) is 22.6 Å². The zero-order valence-electron chi connectivity index (χ0n) is 15.2.